The summed E-state index contributed by atoms with van der Waals surface area (Å²) in [7, 11) is -3.94. The number of furan rings is 1. The van der Waals surface area contributed by atoms with E-state index in [4.69, 9.17) is 21.2 Å². The average Bonchev–Trinajstić information content (AvgIpc) is 3.32. The van der Waals surface area contributed by atoms with Gasteiger partial charge in [0.25, 0.3) is 0 Å². The standard InChI is InChI=1S/C18H16N4O5S2/c1-12-11-16(21-27-12)22-29(24,25)15-7-4-13(5-8-15)19-18(28)20-17(23)9-6-14-3-2-10-26-14/h2-11H,1H3,(H3,19,20,21,22,23,28)/p-1/b9-6-. The number of rotatable bonds is 6. The van der Waals surface area contributed by atoms with E-state index in [1.807, 2.05) is 0 Å². The molecule has 0 saturated carbocycles. The van der Waals surface area contributed by atoms with Crippen molar-refractivity contribution in [3.8, 4) is 0 Å². The Labute approximate surface area is 171 Å². The second kappa shape index (κ2) is 8.71. The van der Waals surface area contributed by atoms with Crippen LogP contribution in [0, 0.1) is 6.92 Å². The van der Waals surface area contributed by atoms with Gasteiger partial charge in [-0.1, -0.05) is 0 Å². The van der Waals surface area contributed by atoms with Gasteiger partial charge in [-0.2, -0.15) is 0 Å². The Morgan fingerprint density at radius 1 is 1.24 bits per heavy atom. The van der Waals surface area contributed by atoms with Crippen molar-refractivity contribution in [2.75, 3.05) is 5.32 Å². The molecular formula is C18H15N4O5S2-. The van der Waals surface area contributed by atoms with E-state index in [1.165, 1.54) is 48.7 Å². The SMILES string of the molecule is Cc1cc([N-]S(=O)(=O)c2ccc(NC(=S)NC(=O)/C=C\c3ccco3)cc2)no1. The van der Waals surface area contributed by atoms with Crippen LogP contribution in [-0.2, 0) is 14.8 Å². The van der Waals surface area contributed by atoms with Crippen LogP contribution < -0.4 is 10.6 Å². The number of carbonyl (C=O) groups excluding carboxylic acids is 1. The van der Waals surface area contributed by atoms with Crippen molar-refractivity contribution >= 4 is 50.8 Å². The molecule has 0 unspecified atom stereocenters. The number of thiocarbonyl (C=S) groups is 1. The molecule has 0 bridgehead atoms. The van der Waals surface area contributed by atoms with E-state index < -0.39 is 15.9 Å². The number of hydrogen-bond acceptors (Lipinski definition) is 7. The largest absolute Gasteiger partial charge is 0.465 e. The van der Waals surface area contributed by atoms with Crippen molar-refractivity contribution in [3.63, 3.8) is 0 Å². The first-order chi connectivity index (χ1) is 13.8. The fourth-order valence-electron chi connectivity index (χ4n) is 2.14. The maximum Gasteiger partial charge on any atom is 0.250 e. The fraction of sp³-hybridized carbons (Fsp3) is 0.0556. The number of nitrogens with one attached hydrogen (secondary N) is 2. The van der Waals surface area contributed by atoms with Crippen LogP contribution in [0.25, 0.3) is 10.8 Å². The van der Waals surface area contributed by atoms with E-state index in [2.05, 4.69) is 20.5 Å². The number of carbonyl (C=O) groups is 1. The average molecular weight is 431 g/mol. The van der Waals surface area contributed by atoms with Crippen molar-refractivity contribution in [2.45, 2.75) is 11.8 Å². The summed E-state index contributed by atoms with van der Waals surface area (Å²) in [5.41, 5.74) is 0.488. The third-order valence-electron chi connectivity index (χ3n) is 3.42. The van der Waals surface area contributed by atoms with Crippen molar-refractivity contribution in [3.05, 3.63) is 71.0 Å². The second-order valence-electron chi connectivity index (χ2n) is 5.68. The molecule has 1 amide bonds. The molecule has 2 heterocycles. The third-order valence-corrected chi connectivity index (χ3v) is 4.92. The number of amides is 1. The first-order valence-electron chi connectivity index (χ1n) is 8.17. The molecular weight excluding hydrogens is 416 g/mol. The Bertz CT molecular complexity index is 1130. The second-order valence-corrected chi connectivity index (χ2v) is 7.69. The van der Waals surface area contributed by atoms with Gasteiger partial charge < -0.3 is 19.0 Å². The summed E-state index contributed by atoms with van der Waals surface area (Å²) in [6.07, 6.45) is 4.26. The van der Waals surface area contributed by atoms with Crippen LogP contribution in [-0.4, -0.2) is 24.6 Å². The molecule has 2 N–H and O–H groups in total. The molecule has 0 aliphatic rings. The smallest absolute Gasteiger partial charge is 0.250 e. The fourth-order valence-corrected chi connectivity index (χ4v) is 3.28. The van der Waals surface area contributed by atoms with Gasteiger partial charge in [0.1, 0.15) is 11.5 Å². The zero-order valence-corrected chi connectivity index (χ0v) is 16.7. The van der Waals surface area contributed by atoms with E-state index >= 15 is 0 Å². The van der Waals surface area contributed by atoms with Crippen molar-refractivity contribution in [1.82, 2.24) is 10.5 Å². The minimum Gasteiger partial charge on any atom is -0.465 e. The van der Waals surface area contributed by atoms with Crippen LogP contribution in [0.3, 0.4) is 0 Å². The van der Waals surface area contributed by atoms with Gasteiger partial charge in [0, 0.05) is 11.8 Å². The number of anilines is 1. The molecule has 3 aromatic rings. The van der Waals surface area contributed by atoms with Crippen LogP contribution >= 0.6 is 12.2 Å². The number of aromatic nitrogens is 1. The van der Waals surface area contributed by atoms with E-state index in [-0.39, 0.29) is 15.8 Å². The van der Waals surface area contributed by atoms with Crippen LogP contribution in [0.2, 0.25) is 0 Å². The zero-order chi connectivity index (χ0) is 20.9. The summed E-state index contributed by atoms with van der Waals surface area (Å²) in [6, 6.07) is 10.5. The normalized spacial score (nSPS) is 11.3. The van der Waals surface area contributed by atoms with Crippen molar-refractivity contribution in [2.24, 2.45) is 0 Å². The molecule has 3 rings (SSSR count). The maximum atomic E-state index is 12.3. The summed E-state index contributed by atoms with van der Waals surface area (Å²) < 4.78 is 38.1. The Kier molecular flexibility index (Phi) is 6.10. The molecule has 1 aromatic carbocycles. The molecule has 0 atom stereocenters. The summed E-state index contributed by atoms with van der Waals surface area (Å²) in [5.74, 6) is 0.506. The predicted octanol–water partition coefficient (Wildman–Crippen LogP) is 3.50. The molecule has 9 nitrogen and oxygen atoms in total. The topological polar surface area (TPSA) is 129 Å². The Balaban J connectivity index is 1.56. The Morgan fingerprint density at radius 3 is 2.62 bits per heavy atom. The van der Waals surface area contributed by atoms with Crippen LogP contribution in [0.1, 0.15) is 11.5 Å². The van der Waals surface area contributed by atoms with E-state index in [1.54, 1.807) is 19.1 Å². The van der Waals surface area contributed by atoms with Gasteiger partial charge in [0.2, 0.25) is 15.9 Å². The summed E-state index contributed by atoms with van der Waals surface area (Å²) in [4.78, 5) is 11.8. The van der Waals surface area contributed by atoms with Gasteiger partial charge in [0.15, 0.2) is 5.11 Å². The molecule has 150 valence electrons. The highest BCUT2D eigenvalue weighted by molar-refractivity contribution is 7.94. The Morgan fingerprint density at radius 2 is 2.00 bits per heavy atom. The highest BCUT2D eigenvalue weighted by Crippen LogP contribution is 2.27. The first-order valence-corrected chi connectivity index (χ1v) is 10.0. The number of nitrogens with zero attached hydrogens (tertiary/aromatic N) is 2. The lowest BCUT2D eigenvalue weighted by Crippen LogP contribution is -2.32. The van der Waals surface area contributed by atoms with E-state index in [0.29, 0.717) is 17.2 Å². The van der Waals surface area contributed by atoms with Gasteiger partial charge in [-0.05, 0) is 73.5 Å². The quantitative estimate of drug-likeness (QED) is 0.448. The van der Waals surface area contributed by atoms with Gasteiger partial charge >= 0.3 is 0 Å². The summed E-state index contributed by atoms with van der Waals surface area (Å²) in [6.45, 7) is 1.63. The lowest BCUT2D eigenvalue weighted by molar-refractivity contribution is -0.115. The van der Waals surface area contributed by atoms with Gasteiger partial charge in [-0.3, -0.25) is 15.3 Å². The van der Waals surface area contributed by atoms with Gasteiger partial charge in [-0.25, -0.2) is 8.42 Å². The molecule has 29 heavy (non-hydrogen) atoms. The molecule has 0 fully saturated rings. The first kappa shape index (κ1) is 20.3. The third kappa shape index (κ3) is 5.77. The van der Waals surface area contributed by atoms with E-state index in [0.717, 1.165) is 0 Å². The molecule has 0 saturated heterocycles. The summed E-state index contributed by atoms with van der Waals surface area (Å²) >= 11 is 5.07. The highest BCUT2D eigenvalue weighted by atomic mass is 32.2. The van der Waals surface area contributed by atoms with Crippen molar-refractivity contribution in [1.29, 1.82) is 0 Å². The van der Waals surface area contributed by atoms with Gasteiger partial charge in [-0.15, -0.1) is 0 Å². The number of sulfonamides is 1. The summed E-state index contributed by atoms with van der Waals surface area (Å²) in [5, 5.41) is 8.85. The monoisotopic (exact) mass is 431 g/mol. The highest BCUT2D eigenvalue weighted by Gasteiger charge is 2.11. The maximum absolute atomic E-state index is 12.3. The minimum absolute atomic E-state index is 0.0277. The molecule has 2 aromatic heterocycles. The van der Waals surface area contributed by atoms with Crippen molar-refractivity contribution < 1.29 is 22.2 Å². The lowest BCUT2D eigenvalue weighted by Gasteiger charge is -2.12. The number of hydrogen-bond donors (Lipinski definition) is 2. The van der Waals surface area contributed by atoms with E-state index in [9.17, 15) is 13.2 Å². The van der Waals surface area contributed by atoms with Crippen LogP contribution in [0.15, 0.2) is 68.6 Å². The van der Waals surface area contributed by atoms with Gasteiger partial charge in [0.05, 0.1) is 11.2 Å². The molecule has 11 heteroatoms. The number of aryl methyl sites for hydroxylation is 1. The lowest BCUT2D eigenvalue weighted by atomic mass is 10.3. The molecule has 0 radical (unpaired) electrons. The van der Waals surface area contributed by atoms with Crippen LogP contribution in [0.5, 0.6) is 0 Å². The zero-order valence-electron chi connectivity index (χ0n) is 15.0. The molecule has 0 aliphatic heterocycles. The number of benzene rings is 1. The molecule has 0 spiro atoms. The Hall–Kier alpha value is -3.44. The minimum atomic E-state index is -3.94. The molecule has 0 aliphatic carbocycles. The van der Waals surface area contributed by atoms with Crippen LogP contribution in [0.4, 0.5) is 11.5 Å². The predicted molar refractivity (Wildman–Crippen MR) is 110 cm³/mol.